The van der Waals surface area contributed by atoms with E-state index >= 15 is 0 Å². The van der Waals surface area contributed by atoms with E-state index in [0.29, 0.717) is 36.3 Å². The number of fused-ring (bicyclic) bond motifs is 2. The number of aliphatic hydroxyl groups excluding tert-OH is 1. The molecule has 0 unspecified atom stereocenters. The molecule has 1 spiro atoms. The Kier molecular flexibility index (Phi) is 10.8. The highest BCUT2D eigenvalue weighted by atomic mass is 79.9. The van der Waals surface area contributed by atoms with Crippen LogP contribution in [0.4, 0.5) is 11.4 Å². The Morgan fingerprint density at radius 3 is 2.31 bits per heavy atom. The van der Waals surface area contributed by atoms with Gasteiger partial charge >= 0.3 is 0 Å². The summed E-state index contributed by atoms with van der Waals surface area (Å²) in [4.78, 5) is 56.9. The molecule has 0 aromatic heterocycles. The summed E-state index contributed by atoms with van der Waals surface area (Å²) in [7, 11) is -3.02. The predicted molar refractivity (Wildman–Crippen MR) is 214 cm³/mol. The molecule has 3 aliphatic heterocycles. The highest BCUT2D eigenvalue weighted by molar-refractivity contribution is 9.10. The van der Waals surface area contributed by atoms with Crippen LogP contribution in [0.3, 0.4) is 0 Å². The number of hydrogen-bond acceptors (Lipinski definition) is 7. The molecule has 3 amide bonds. The molecular weight excluding hydrogens is 764 g/mol. The number of hydrazone groups is 1. The van der Waals surface area contributed by atoms with Crippen molar-refractivity contribution in [1.82, 2.24) is 4.90 Å². The molecule has 4 atom stereocenters. The standard InChI is InChI=1S/C42H45BrN4O6Si/c1-28-40(54(2,3)52)37(25-39(50)45(22-23-48)26-29-10-6-4-7-11-29)53-42(28)34-24-32(43)16-20-36(34)46(41(42)51)27-30-14-17-33(18-15-30)47-38(49)21-19-35(44-47)31-12-8-5-9-13-31/h4-18,20,24,28,37,40,48,52H,19,21-23,25-27H2,1-3H3/t28-,37+,40-,42+/m1/s1. The van der Waals surface area contributed by atoms with Crippen LogP contribution < -0.4 is 9.91 Å². The van der Waals surface area contributed by atoms with Crippen molar-refractivity contribution in [2.75, 3.05) is 23.1 Å². The Bertz CT molecular complexity index is 2060. The molecule has 0 saturated carbocycles. The SMILES string of the molecule is C[C@@H]1[C@@H]([Si](C)(C)O)[C@H](CC(=O)N(CCO)Cc2ccccc2)O[C@@]12C(=O)N(Cc1ccc(N3N=C(c4ccccc4)CCC3=O)cc1)c1ccc(Br)cc12. The fourth-order valence-electron chi connectivity index (χ4n) is 8.44. The second-order valence-corrected chi connectivity index (χ2v) is 19.8. The van der Waals surface area contributed by atoms with E-state index in [4.69, 9.17) is 9.84 Å². The lowest BCUT2D eigenvalue weighted by Gasteiger charge is -2.32. The van der Waals surface area contributed by atoms with Crippen molar-refractivity contribution in [3.05, 3.63) is 130 Å². The lowest BCUT2D eigenvalue weighted by Crippen LogP contribution is -2.46. The van der Waals surface area contributed by atoms with E-state index in [1.807, 2.05) is 123 Å². The van der Waals surface area contributed by atoms with Crippen molar-refractivity contribution in [2.24, 2.45) is 11.0 Å². The Morgan fingerprint density at radius 2 is 1.65 bits per heavy atom. The topological polar surface area (TPSA) is 123 Å². The van der Waals surface area contributed by atoms with Crippen molar-refractivity contribution >= 4 is 59.1 Å². The third-order valence-corrected chi connectivity index (χ3v) is 13.9. The van der Waals surface area contributed by atoms with Crippen molar-refractivity contribution in [1.29, 1.82) is 0 Å². The van der Waals surface area contributed by atoms with Crippen molar-refractivity contribution in [2.45, 2.75) is 69.6 Å². The third-order valence-electron chi connectivity index (χ3n) is 10.9. The minimum Gasteiger partial charge on any atom is -0.432 e. The zero-order valence-electron chi connectivity index (χ0n) is 30.7. The molecule has 3 aliphatic rings. The molecule has 1 saturated heterocycles. The van der Waals surface area contributed by atoms with Crippen LogP contribution in [0.5, 0.6) is 0 Å². The molecule has 0 bridgehead atoms. The molecule has 54 heavy (non-hydrogen) atoms. The van der Waals surface area contributed by atoms with Gasteiger partial charge in [0, 0.05) is 47.4 Å². The Hall–Kier alpha value is -4.46. The van der Waals surface area contributed by atoms with Gasteiger partial charge in [0.25, 0.3) is 5.91 Å². The van der Waals surface area contributed by atoms with Crippen LogP contribution in [0, 0.1) is 5.92 Å². The number of halogens is 1. The van der Waals surface area contributed by atoms with Gasteiger partial charge in [0.05, 0.1) is 42.8 Å². The number of rotatable bonds is 11. The maximum absolute atomic E-state index is 14.9. The Morgan fingerprint density at radius 1 is 0.963 bits per heavy atom. The van der Waals surface area contributed by atoms with E-state index < -0.39 is 31.5 Å². The number of carbonyl (C=O) groups excluding carboxylic acids is 3. The van der Waals surface area contributed by atoms with Crippen molar-refractivity contribution < 1.29 is 29.0 Å². The van der Waals surface area contributed by atoms with Crippen LogP contribution in [-0.4, -0.2) is 65.8 Å². The van der Waals surface area contributed by atoms with Gasteiger partial charge in [0.1, 0.15) is 0 Å². The average molecular weight is 810 g/mol. The van der Waals surface area contributed by atoms with Gasteiger partial charge in [-0.15, -0.1) is 0 Å². The first-order valence-corrected chi connectivity index (χ1v) is 22.2. The normalized spacial score (nSPS) is 22.5. The van der Waals surface area contributed by atoms with Gasteiger partial charge in [-0.1, -0.05) is 95.7 Å². The summed E-state index contributed by atoms with van der Waals surface area (Å²) in [6.07, 6.45) is 0.169. The second-order valence-electron chi connectivity index (χ2n) is 14.9. The van der Waals surface area contributed by atoms with E-state index in [1.165, 1.54) is 5.01 Å². The molecule has 0 radical (unpaired) electrons. The predicted octanol–water partition coefficient (Wildman–Crippen LogP) is 6.74. The van der Waals surface area contributed by atoms with Gasteiger partial charge in [-0.05, 0) is 60.1 Å². The monoisotopic (exact) mass is 808 g/mol. The molecule has 3 heterocycles. The summed E-state index contributed by atoms with van der Waals surface area (Å²) in [5.74, 6) is -0.986. The molecule has 10 nitrogen and oxygen atoms in total. The number of benzene rings is 4. The smallest absolute Gasteiger partial charge is 0.264 e. The van der Waals surface area contributed by atoms with Crippen LogP contribution in [0.1, 0.15) is 48.4 Å². The first-order chi connectivity index (χ1) is 25.9. The minimum atomic E-state index is -3.02. The van der Waals surface area contributed by atoms with E-state index in [-0.39, 0.29) is 43.8 Å². The number of hydrogen-bond donors (Lipinski definition) is 2. The summed E-state index contributed by atoms with van der Waals surface area (Å²) in [5, 5.41) is 16.0. The highest BCUT2D eigenvalue weighted by Gasteiger charge is 2.66. The zero-order valence-corrected chi connectivity index (χ0v) is 33.3. The second kappa shape index (κ2) is 15.3. The van der Waals surface area contributed by atoms with Crippen molar-refractivity contribution in [3.8, 4) is 0 Å². The van der Waals surface area contributed by atoms with Gasteiger partial charge in [-0.2, -0.15) is 5.10 Å². The first kappa shape index (κ1) is 37.8. The van der Waals surface area contributed by atoms with Gasteiger partial charge in [-0.25, -0.2) is 5.01 Å². The first-order valence-electron chi connectivity index (χ1n) is 18.4. The molecule has 4 aromatic rings. The average Bonchev–Trinajstić information content (AvgIpc) is 3.58. The number of nitrogens with zero attached hydrogens (tertiary/aromatic N) is 4. The van der Waals surface area contributed by atoms with E-state index in [9.17, 15) is 24.3 Å². The summed E-state index contributed by atoms with van der Waals surface area (Å²) >= 11 is 3.62. The molecular formula is C42H45BrN4O6Si. The third kappa shape index (κ3) is 7.20. The Balaban J connectivity index is 1.16. The van der Waals surface area contributed by atoms with Crippen LogP contribution >= 0.6 is 15.9 Å². The summed E-state index contributed by atoms with van der Waals surface area (Å²) in [6, 6.07) is 32.7. The number of amides is 3. The molecule has 2 N–H and O–H groups in total. The van der Waals surface area contributed by atoms with Gasteiger partial charge in [-0.3, -0.25) is 14.4 Å². The highest BCUT2D eigenvalue weighted by Crippen LogP contribution is 2.60. The quantitative estimate of drug-likeness (QED) is 0.162. The number of anilines is 2. The van der Waals surface area contributed by atoms with E-state index in [2.05, 4.69) is 15.9 Å². The lowest BCUT2D eigenvalue weighted by atomic mass is 9.82. The number of aliphatic hydroxyl groups is 1. The van der Waals surface area contributed by atoms with Gasteiger partial charge in [0.15, 0.2) is 13.9 Å². The maximum Gasteiger partial charge on any atom is 0.264 e. The molecule has 12 heteroatoms. The lowest BCUT2D eigenvalue weighted by molar-refractivity contribution is -0.150. The van der Waals surface area contributed by atoms with Gasteiger partial charge < -0.3 is 24.4 Å². The van der Waals surface area contributed by atoms with E-state index in [0.717, 1.165) is 26.9 Å². The fourth-order valence-corrected chi connectivity index (χ4v) is 11.4. The molecule has 280 valence electrons. The molecule has 4 aromatic carbocycles. The number of carbonyl (C=O) groups is 3. The van der Waals surface area contributed by atoms with Crippen LogP contribution in [-0.2, 0) is 37.8 Å². The van der Waals surface area contributed by atoms with Crippen LogP contribution in [0.15, 0.2) is 113 Å². The largest absolute Gasteiger partial charge is 0.432 e. The Labute approximate surface area is 325 Å². The van der Waals surface area contributed by atoms with Crippen molar-refractivity contribution in [3.63, 3.8) is 0 Å². The minimum absolute atomic E-state index is 0.0393. The summed E-state index contributed by atoms with van der Waals surface area (Å²) in [6.45, 7) is 6.16. The van der Waals surface area contributed by atoms with Gasteiger partial charge in [0.2, 0.25) is 11.8 Å². The maximum atomic E-state index is 14.9. The zero-order chi connectivity index (χ0) is 38.2. The molecule has 0 aliphatic carbocycles. The molecule has 1 fully saturated rings. The van der Waals surface area contributed by atoms with Crippen LogP contribution in [0.2, 0.25) is 18.6 Å². The molecule has 7 rings (SSSR count). The summed E-state index contributed by atoms with van der Waals surface area (Å²) in [5.41, 5.74) is 3.80. The fraction of sp³-hybridized carbons (Fsp3) is 0.333. The number of ether oxygens (including phenoxy) is 1. The van der Waals surface area contributed by atoms with E-state index in [1.54, 1.807) is 9.80 Å². The summed E-state index contributed by atoms with van der Waals surface area (Å²) < 4.78 is 7.71. The van der Waals surface area contributed by atoms with Crippen LogP contribution in [0.25, 0.3) is 0 Å².